The SMILES string of the molecule is Nc1cc(=O)c2ccc(Cl)cc2[nH]1. The molecular formula is C9H7ClN2O. The van der Waals surface area contributed by atoms with Gasteiger partial charge in [0.05, 0.1) is 5.52 Å². The second kappa shape index (κ2) is 2.78. The van der Waals surface area contributed by atoms with Crippen LogP contribution >= 0.6 is 11.6 Å². The quantitative estimate of drug-likeness (QED) is 0.672. The van der Waals surface area contributed by atoms with Crippen molar-refractivity contribution in [3.63, 3.8) is 0 Å². The molecule has 0 aliphatic rings. The van der Waals surface area contributed by atoms with Crippen molar-refractivity contribution in [2.75, 3.05) is 5.73 Å². The van der Waals surface area contributed by atoms with Crippen molar-refractivity contribution >= 4 is 28.3 Å². The number of hydrogen-bond acceptors (Lipinski definition) is 2. The first-order valence-electron chi connectivity index (χ1n) is 3.75. The van der Waals surface area contributed by atoms with Gasteiger partial charge in [0.1, 0.15) is 5.82 Å². The van der Waals surface area contributed by atoms with Crippen molar-refractivity contribution in [2.24, 2.45) is 0 Å². The van der Waals surface area contributed by atoms with Gasteiger partial charge in [-0.2, -0.15) is 0 Å². The van der Waals surface area contributed by atoms with Crippen molar-refractivity contribution in [3.8, 4) is 0 Å². The molecule has 4 heteroatoms. The molecule has 0 fully saturated rings. The zero-order chi connectivity index (χ0) is 9.42. The predicted octanol–water partition coefficient (Wildman–Crippen LogP) is 1.76. The summed E-state index contributed by atoms with van der Waals surface area (Å²) in [6.07, 6.45) is 0. The monoisotopic (exact) mass is 194 g/mol. The number of aromatic nitrogens is 1. The molecule has 0 bridgehead atoms. The third-order valence-corrected chi connectivity index (χ3v) is 2.05. The van der Waals surface area contributed by atoms with Crippen LogP contribution in [0.25, 0.3) is 10.9 Å². The lowest BCUT2D eigenvalue weighted by Crippen LogP contribution is -2.04. The number of pyridine rings is 1. The Morgan fingerprint density at radius 3 is 2.85 bits per heavy atom. The largest absolute Gasteiger partial charge is 0.385 e. The molecule has 0 unspecified atom stereocenters. The molecule has 0 radical (unpaired) electrons. The number of anilines is 1. The number of halogens is 1. The number of H-pyrrole nitrogens is 1. The standard InChI is InChI=1S/C9H7ClN2O/c10-5-1-2-6-7(3-5)12-9(11)4-8(6)13/h1-4H,(H3,11,12,13). The molecule has 1 aromatic carbocycles. The zero-order valence-electron chi connectivity index (χ0n) is 6.67. The molecule has 0 saturated carbocycles. The summed E-state index contributed by atoms with van der Waals surface area (Å²) in [6.45, 7) is 0. The number of nitrogens with two attached hydrogens (primary N) is 1. The van der Waals surface area contributed by atoms with E-state index in [0.29, 0.717) is 21.7 Å². The van der Waals surface area contributed by atoms with E-state index in [1.54, 1.807) is 18.2 Å². The molecule has 2 rings (SSSR count). The first-order chi connectivity index (χ1) is 6.16. The number of nitrogen functional groups attached to an aromatic ring is 1. The van der Waals surface area contributed by atoms with Crippen molar-refractivity contribution in [3.05, 3.63) is 39.5 Å². The highest BCUT2D eigenvalue weighted by Gasteiger charge is 1.99. The van der Waals surface area contributed by atoms with Crippen molar-refractivity contribution in [1.82, 2.24) is 4.98 Å². The van der Waals surface area contributed by atoms with Crippen LogP contribution in [0.4, 0.5) is 5.82 Å². The van der Waals surface area contributed by atoms with Crippen LogP contribution in [0, 0.1) is 0 Å². The summed E-state index contributed by atoms with van der Waals surface area (Å²) in [4.78, 5) is 14.2. The number of hydrogen-bond donors (Lipinski definition) is 2. The molecule has 0 amide bonds. The molecule has 66 valence electrons. The van der Waals surface area contributed by atoms with Crippen molar-refractivity contribution in [1.29, 1.82) is 0 Å². The van der Waals surface area contributed by atoms with E-state index in [-0.39, 0.29) is 5.43 Å². The fourth-order valence-corrected chi connectivity index (χ4v) is 1.42. The lowest BCUT2D eigenvalue weighted by atomic mass is 10.2. The Balaban J connectivity index is 2.95. The summed E-state index contributed by atoms with van der Waals surface area (Å²) in [5.74, 6) is 0.347. The minimum Gasteiger partial charge on any atom is -0.385 e. The fourth-order valence-electron chi connectivity index (χ4n) is 1.25. The molecule has 0 aliphatic carbocycles. The highest BCUT2D eigenvalue weighted by atomic mass is 35.5. The van der Waals surface area contributed by atoms with Gasteiger partial charge in [-0.1, -0.05) is 11.6 Å². The van der Waals surface area contributed by atoms with Crippen LogP contribution in [0.2, 0.25) is 5.02 Å². The molecule has 1 heterocycles. The van der Waals surface area contributed by atoms with Gasteiger partial charge in [-0.05, 0) is 18.2 Å². The first-order valence-corrected chi connectivity index (χ1v) is 4.13. The normalized spacial score (nSPS) is 10.5. The summed E-state index contributed by atoms with van der Waals surface area (Å²) in [5, 5.41) is 1.17. The van der Waals surface area contributed by atoms with E-state index in [1.165, 1.54) is 6.07 Å². The molecule has 0 aliphatic heterocycles. The highest BCUT2D eigenvalue weighted by Crippen LogP contribution is 2.15. The van der Waals surface area contributed by atoms with Crippen molar-refractivity contribution < 1.29 is 0 Å². The van der Waals surface area contributed by atoms with Gasteiger partial charge >= 0.3 is 0 Å². The summed E-state index contributed by atoms with van der Waals surface area (Å²) < 4.78 is 0. The van der Waals surface area contributed by atoms with Gasteiger partial charge in [0.2, 0.25) is 0 Å². The van der Waals surface area contributed by atoms with E-state index >= 15 is 0 Å². The van der Waals surface area contributed by atoms with Crippen LogP contribution < -0.4 is 11.2 Å². The van der Waals surface area contributed by atoms with Crippen molar-refractivity contribution in [2.45, 2.75) is 0 Å². The van der Waals surface area contributed by atoms with Gasteiger partial charge in [0, 0.05) is 16.5 Å². The maximum absolute atomic E-state index is 11.4. The molecule has 1 aromatic heterocycles. The Hall–Kier alpha value is -1.48. The Labute approximate surface area is 79.1 Å². The third-order valence-electron chi connectivity index (χ3n) is 1.81. The highest BCUT2D eigenvalue weighted by molar-refractivity contribution is 6.31. The van der Waals surface area contributed by atoms with Crippen LogP contribution in [0.3, 0.4) is 0 Å². The number of nitrogens with one attached hydrogen (secondary N) is 1. The molecule has 3 nitrogen and oxygen atoms in total. The summed E-state index contributed by atoms with van der Waals surface area (Å²) in [7, 11) is 0. The predicted molar refractivity (Wildman–Crippen MR) is 54.0 cm³/mol. The number of rotatable bonds is 0. The average Bonchev–Trinajstić information content (AvgIpc) is 2.02. The van der Waals surface area contributed by atoms with Crippen LogP contribution in [0.15, 0.2) is 29.1 Å². The smallest absolute Gasteiger partial charge is 0.191 e. The van der Waals surface area contributed by atoms with Gasteiger partial charge < -0.3 is 10.7 Å². The van der Waals surface area contributed by atoms with E-state index in [0.717, 1.165) is 0 Å². The number of benzene rings is 1. The number of fused-ring (bicyclic) bond motifs is 1. The second-order valence-corrected chi connectivity index (χ2v) is 3.22. The molecule has 0 saturated heterocycles. The van der Waals surface area contributed by atoms with E-state index in [1.807, 2.05) is 0 Å². The minimum absolute atomic E-state index is 0.0945. The minimum atomic E-state index is -0.0945. The van der Waals surface area contributed by atoms with E-state index in [2.05, 4.69) is 4.98 Å². The molecule has 0 atom stereocenters. The Kier molecular flexibility index (Phi) is 1.74. The maximum Gasteiger partial charge on any atom is 0.191 e. The van der Waals surface area contributed by atoms with Gasteiger partial charge in [-0.25, -0.2) is 0 Å². The zero-order valence-corrected chi connectivity index (χ0v) is 7.43. The lowest BCUT2D eigenvalue weighted by Gasteiger charge is -1.99. The molecule has 2 aromatic rings. The van der Waals surface area contributed by atoms with Gasteiger partial charge in [0.15, 0.2) is 5.43 Å². The average molecular weight is 195 g/mol. The molecule has 3 N–H and O–H groups in total. The lowest BCUT2D eigenvalue weighted by molar-refractivity contribution is 1.39. The third kappa shape index (κ3) is 1.38. The first kappa shape index (κ1) is 8.13. The summed E-state index contributed by atoms with van der Waals surface area (Å²) in [5.41, 5.74) is 6.05. The van der Waals surface area contributed by atoms with Gasteiger partial charge in [-0.3, -0.25) is 4.79 Å². The van der Waals surface area contributed by atoms with E-state index < -0.39 is 0 Å². The van der Waals surface area contributed by atoms with Gasteiger partial charge in [0.25, 0.3) is 0 Å². The topological polar surface area (TPSA) is 58.9 Å². The van der Waals surface area contributed by atoms with Crippen LogP contribution in [-0.2, 0) is 0 Å². The van der Waals surface area contributed by atoms with Crippen LogP contribution in [-0.4, -0.2) is 4.98 Å². The Morgan fingerprint density at radius 2 is 2.08 bits per heavy atom. The Morgan fingerprint density at radius 1 is 1.31 bits per heavy atom. The fraction of sp³-hybridized carbons (Fsp3) is 0. The van der Waals surface area contributed by atoms with Crippen LogP contribution in [0.5, 0.6) is 0 Å². The van der Waals surface area contributed by atoms with E-state index in [4.69, 9.17) is 17.3 Å². The van der Waals surface area contributed by atoms with Crippen LogP contribution in [0.1, 0.15) is 0 Å². The molecule has 13 heavy (non-hydrogen) atoms. The molecular weight excluding hydrogens is 188 g/mol. The molecule has 0 spiro atoms. The summed E-state index contributed by atoms with van der Waals surface area (Å²) in [6, 6.07) is 6.39. The Bertz CT molecular complexity index is 513. The summed E-state index contributed by atoms with van der Waals surface area (Å²) >= 11 is 5.76. The number of aromatic amines is 1. The second-order valence-electron chi connectivity index (χ2n) is 2.78. The van der Waals surface area contributed by atoms with E-state index in [9.17, 15) is 4.79 Å². The van der Waals surface area contributed by atoms with Gasteiger partial charge in [-0.15, -0.1) is 0 Å². The maximum atomic E-state index is 11.4.